The molecule has 32 heavy (non-hydrogen) atoms. The average molecular weight is 449 g/mol. The largest absolute Gasteiger partial charge is 0.496 e. The Morgan fingerprint density at radius 2 is 1.66 bits per heavy atom. The number of alkyl halides is 3. The fourth-order valence-corrected chi connectivity index (χ4v) is 3.70. The molecule has 6 nitrogen and oxygen atoms in total. The molecule has 1 saturated heterocycles. The molecule has 1 aliphatic rings. The van der Waals surface area contributed by atoms with Gasteiger partial charge >= 0.3 is 6.18 Å². The molecule has 0 spiro atoms. The van der Waals surface area contributed by atoms with Crippen molar-refractivity contribution in [3.05, 3.63) is 59.7 Å². The number of rotatable bonds is 7. The number of carbonyl (C=O) groups excluding carboxylic acids is 2. The number of hydrogen-bond acceptors (Lipinski definition) is 4. The minimum atomic E-state index is -4.54. The zero-order valence-corrected chi connectivity index (χ0v) is 17.8. The minimum Gasteiger partial charge on any atom is -0.496 e. The molecule has 1 heterocycles. The third kappa shape index (κ3) is 6.23. The van der Waals surface area contributed by atoms with Gasteiger partial charge in [0.25, 0.3) is 0 Å². The topological polar surface area (TPSA) is 61.9 Å². The van der Waals surface area contributed by atoms with E-state index in [0.29, 0.717) is 39.0 Å². The van der Waals surface area contributed by atoms with E-state index in [1.54, 1.807) is 12.0 Å². The second-order valence-corrected chi connectivity index (χ2v) is 7.56. The van der Waals surface area contributed by atoms with Crippen LogP contribution in [0.2, 0.25) is 0 Å². The first-order valence-electron chi connectivity index (χ1n) is 10.4. The van der Waals surface area contributed by atoms with Crippen LogP contribution >= 0.6 is 0 Å². The van der Waals surface area contributed by atoms with Crippen molar-refractivity contribution < 1.29 is 27.5 Å². The summed E-state index contributed by atoms with van der Waals surface area (Å²) in [6.07, 6.45) is -3.61. The zero-order chi connectivity index (χ0) is 23.1. The first-order chi connectivity index (χ1) is 15.3. The average Bonchev–Trinajstić information content (AvgIpc) is 2.77. The molecule has 2 aromatic carbocycles. The molecule has 1 aliphatic heterocycles. The fraction of sp³-hybridized carbons (Fsp3) is 0.391. The molecule has 0 atom stereocenters. The summed E-state index contributed by atoms with van der Waals surface area (Å²) >= 11 is 0. The molecule has 0 unspecified atom stereocenters. The highest BCUT2D eigenvalue weighted by molar-refractivity contribution is 5.93. The number of ether oxygens (including phenoxy) is 1. The van der Waals surface area contributed by atoms with Crippen LogP contribution in [0.4, 0.5) is 18.9 Å². The van der Waals surface area contributed by atoms with Crippen molar-refractivity contribution in [1.29, 1.82) is 0 Å². The maximum Gasteiger partial charge on any atom is 0.418 e. The summed E-state index contributed by atoms with van der Waals surface area (Å²) in [7, 11) is 1.59. The predicted molar refractivity (Wildman–Crippen MR) is 114 cm³/mol. The van der Waals surface area contributed by atoms with Gasteiger partial charge in [-0.2, -0.15) is 13.2 Å². The lowest BCUT2D eigenvalue weighted by Crippen LogP contribution is -2.50. The number of para-hydroxylation sites is 2. The second-order valence-electron chi connectivity index (χ2n) is 7.56. The number of aryl methyl sites for hydroxylation is 1. The van der Waals surface area contributed by atoms with Crippen LogP contribution in [0.15, 0.2) is 48.5 Å². The van der Waals surface area contributed by atoms with E-state index in [1.165, 1.54) is 18.2 Å². The van der Waals surface area contributed by atoms with E-state index in [-0.39, 0.29) is 18.1 Å². The van der Waals surface area contributed by atoms with E-state index >= 15 is 0 Å². The lowest BCUT2D eigenvalue weighted by atomic mass is 10.1. The summed E-state index contributed by atoms with van der Waals surface area (Å²) in [6, 6.07) is 12.5. The number of nitrogens with one attached hydrogen (secondary N) is 1. The van der Waals surface area contributed by atoms with Gasteiger partial charge in [-0.3, -0.25) is 14.5 Å². The van der Waals surface area contributed by atoms with Crippen molar-refractivity contribution in [3.8, 4) is 5.75 Å². The predicted octanol–water partition coefficient (Wildman–Crippen LogP) is 3.43. The highest BCUT2D eigenvalue weighted by atomic mass is 19.4. The summed E-state index contributed by atoms with van der Waals surface area (Å²) in [6.45, 7) is 1.87. The molecular formula is C23H26F3N3O3. The Morgan fingerprint density at radius 1 is 1.00 bits per heavy atom. The van der Waals surface area contributed by atoms with Gasteiger partial charge in [0.1, 0.15) is 5.75 Å². The molecule has 0 bridgehead atoms. The number of carbonyl (C=O) groups is 2. The fourth-order valence-electron chi connectivity index (χ4n) is 3.70. The molecule has 1 fully saturated rings. The Balaban J connectivity index is 1.46. The van der Waals surface area contributed by atoms with E-state index in [4.69, 9.17) is 4.74 Å². The first-order valence-corrected chi connectivity index (χ1v) is 10.4. The standard InChI is InChI=1S/C23H26F3N3O3/c1-32-20-9-5-2-6-17(20)10-11-22(31)29-14-12-28(13-15-29)16-21(30)27-19-8-4-3-7-18(19)23(24,25)26/h2-9H,10-16H2,1H3,(H,27,30). The van der Waals surface area contributed by atoms with Gasteiger partial charge in [-0.15, -0.1) is 0 Å². The van der Waals surface area contributed by atoms with Gasteiger partial charge in [0.05, 0.1) is 24.9 Å². The van der Waals surface area contributed by atoms with Crippen molar-refractivity contribution in [3.63, 3.8) is 0 Å². The summed E-state index contributed by atoms with van der Waals surface area (Å²) in [5, 5.41) is 2.35. The van der Waals surface area contributed by atoms with E-state index in [0.717, 1.165) is 17.4 Å². The highest BCUT2D eigenvalue weighted by Crippen LogP contribution is 2.34. The van der Waals surface area contributed by atoms with Crippen LogP contribution in [-0.2, 0) is 22.2 Å². The van der Waals surface area contributed by atoms with Crippen LogP contribution in [0.3, 0.4) is 0 Å². The number of amides is 2. The van der Waals surface area contributed by atoms with Crippen LogP contribution < -0.4 is 10.1 Å². The lowest BCUT2D eigenvalue weighted by Gasteiger charge is -2.34. The minimum absolute atomic E-state index is 0.0270. The normalized spacial score (nSPS) is 14.8. The molecule has 172 valence electrons. The number of benzene rings is 2. The molecule has 0 radical (unpaired) electrons. The monoisotopic (exact) mass is 449 g/mol. The number of hydrogen-bond donors (Lipinski definition) is 1. The zero-order valence-electron chi connectivity index (χ0n) is 17.8. The summed E-state index contributed by atoms with van der Waals surface area (Å²) in [5.74, 6) is 0.264. The molecule has 1 N–H and O–H groups in total. The van der Waals surface area contributed by atoms with Gasteiger partial charge in [-0.05, 0) is 30.2 Å². The quantitative estimate of drug-likeness (QED) is 0.704. The van der Waals surface area contributed by atoms with Crippen LogP contribution in [-0.4, -0.2) is 61.4 Å². The number of methoxy groups -OCH3 is 1. The van der Waals surface area contributed by atoms with Gasteiger partial charge in [0.2, 0.25) is 11.8 Å². The molecule has 0 aliphatic carbocycles. The molecule has 9 heteroatoms. The van der Waals surface area contributed by atoms with E-state index < -0.39 is 17.6 Å². The third-order valence-electron chi connectivity index (χ3n) is 5.40. The Hall–Kier alpha value is -3.07. The third-order valence-corrected chi connectivity index (χ3v) is 5.40. The van der Waals surface area contributed by atoms with Crippen molar-refractivity contribution in [2.24, 2.45) is 0 Å². The Morgan fingerprint density at radius 3 is 2.34 bits per heavy atom. The van der Waals surface area contributed by atoms with Gasteiger partial charge in [0, 0.05) is 32.6 Å². The Bertz CT molecular complexity index is 941. The Labute approximate surface area is 184 Å². The van der Waals surface area contributed by atoms with Gasteiger partial charge in [0.15, 0.2) is 0 Å². The van der Waals surface area contributed by atoms with Crippen molar-refractivity contribution in [2.45, 2.75) is 19.0 Å². The number of nitrogens with zero attached hydrogens (tertiary/aromatic N) is 2. The van der Waals surface area contributed by atoms with E-state index in [9.17, 15) is 22.8 Å². The highest BCUT2D eigenvalue weighted by Gasteiger charge is 2.33. The molecule has 3 rings (SSSR count). The SMILES string of the molecule is COc1ccccc1CCC(=O)N1CCN(CC(=O)Nc2ccccc2C(F)(F)F)CC1. The van der Waals surface area contributed by atoms with Crippen LogP contribution in [0.5, 0.6) is 5.75 Å². The van der Waals surface area contributed by atoms with Crippen molar-refractivity contribution in [1.82, 2.24) is 9.80 Å². The summed E-state index contributed by atoms with van der Waals surface area (Å²) in [5.41, 5.74) is -0.160. The maximum atomic E-state index is 13.1. The number of piperazine rings is 1. The van der Waals surface area contributed by atoms with Crippen molar-refractivity contribution >= 4 is 17.5 Å². The number of halogens is 3. The maximum absolute atomic E-state index is 13.1. The summed E-state index contributed by atoms with van der Waals surface area (Å²) in [4.78, 5) is 28.4. The van der Waals surface area contributed by atoms with Crippen LogP contribution in [0.25, 0.3) is 0 Å². The molecule has 2 aromatic rings. The molecular weight excluding hydrogens is 423 g/mol. The lowest BCUT2D eigenvalue weighted by molar-refractivity contribution is -0.137. The van der Waals surface area contributed by atoms with E-state index in [2.05, 4.69) is 5.32 Å². The number of anilines is 1. The molecule has 0 aromatic heterocycles. The summed E-state index contributed by atoms with van der Waals surface area (Å²) < 4.78 is 44.6. The smallest absolute Gasteiger partial charge is 0.418 e. The van der Waals surface area contributed by atoms with Crippen molar-refractivity contribution in [2.75, 3.05) is 45.2 Å². The van der Waals surface area contributed by atoms with Crippen LogP contribution in [0, 0.1) is 0 Å². The van der Waals surface area contributed by atoms with E-state index in [1.807, 2.05) is 29.2 Å². The molecule has 2 amide bonds. The second kappa shape index (κ2) is 10.5. The van der Waals surface area contributed by atoms with Gasteiger partial charge < -0.3 is 15.0 Å². The Kier molecular flexibility index (Phi) is 7.74. The van der Waals surface area contributed by atoms with Gasteiger partial charge in [-0.25, -0.2) is 0 Å². The molecule has 0 saturated carbocycles. The van der Waals surface area contributed by atoms with Crippen LogP contribution in [0.1, 0.15) is 17.5 Å². The first kappa shape index (κ1) is 23.6. The van der Waals surface area contributed by atoms with Gasteiger partial charge in [-0.1, -0.05) is 30.3 Å².